The highest BCUT2D eigenvalue weighted by Crippen LogP contribution is 2.19. The van der Waals surface area contributed by atoms with Gasteiger partial charge in [-0.15, -0.1) is 0 Å². The molecule has 0 aliphatic rings. The molecule has 0 saturated heterocycles. The number of carbonyl (C=O) groups excluding carboxylic acids is 2. The zero-order valence-electron chi connectivity index (χ0n) is 17.3. The first-order chi connectivity index (χ1) is 13.5. The fourth-order valence-corrected chi connectivity index (χ4v) is 3.84. The normalized spacial score (nSPS) is 11.5. The fourth-order valence-electron chi connectivity index (χ4n) is 2.81. The largest absolute Gasteiger partial charge is 0.459 e. The Morgan fingerprint density at radius 3 is 2.28 bits per heavy atom. The molecule has 0 spiro atoms. The maximum absolute atomic E-state index is 12.4. The summed E-state index contributed by atoms with van der Waals surface area (Å²) in [5.41, 5.74) is 2.58. The molecule has 2 rings (SSSR count). The summed E-state index contributed by atoms with van der Waals surface area (Å²) in [6.07, 6.45) is -0.268. The molecule has 0 bridgehead atoms. The lowest BCUT2D eigenvalue weighted by atomic mass is 10.1. The van der Waals surface area contributed by atoms with Gasteiger partial charge in [-0.25, -0.2) is 17.9 Å². The third-order valence-corrected chi connectivity index (χ3v) is 5.72. The van der Waals surface area contributed by atoms with Gasteiger partial charge in [0.25, 0.3) is 5.91 Å². The van der Waals surface area contributed by atoms with Crippen molar-refractivity contribution in [1.82, 2.24) is 15.0 Å². The van der Waals surface area contributed by atoms with E-state index in [0.717, 1.165) is 5.56 Å². The van der Waals surface area contributed by atoms with Gasteiger partial charge in [0.2, 0.25) is 10.0 Å². The van der Waals surface area contributed by atoms with Gasteiger partial charge >= 0.3 is 5.97 Å². The number of ether oxygens (including phenoxy) is 1. The van der Waals surface area contributed by atoms with Gasteiger partial charge < -0.3 is 15.0 Å². The second kappa shape index (κ2) is 9.23. The van der Waals surface area contributed by atoms with Gasteiger partial charge in [0, 0.05) is 18.8 Å². The Hall–Kier alpha value is -2.65. The summed E-state index contributed by atoms with van der Waals surface area (Å²) >= 11 is 0. The zero-order chi connectivity index (χ0) is 21.8. The van der Waals surface area contributed by atoms with Crippen LogP contribution in [0.15, 0.2) is 29.2 Å². The summed E-state index contributed by atoms with van der Waals surface area (Å²) in [5.74, 6) is -0.917. The molecule has 0 fully saturated rings. The molecule has 29 heavy (non-hydrogen) atoms. The number of rotatable bonds is 8. The number of hydrogen-bond acceptors (Lipinski definition) is 5. The summed E-state index contributed by atoms with van der Waals surface area (Å²) in [7, 11) is -3.64. The van der Waals surface area contributed by atoms with Gasteiger partial charge in [-0.1, -0.05) is 17.7 Å². The van der Waals surface area contributed by atoms with Crippen LogP contribution in [0.3, 0.4) is 0 Å². The van der Waals surface area contributed by atoms with Crippen LogP contribution >= 0.6 is 0 Å². The molecule has 0 saturated carbocycles. The number of carbonyl (C=O) groups is 2. The third kappa shape index (κ3) is 5.68. The van der Waals surface area contributed by atoms with Gasteiger partial charge in [0.15, 0.2) is 0 Å². The SMILES string of the molecule is Cc1ccc(S(=O)(=O)NCCNC(=O)c2[nH]c(C)c(C(=O)OC(C)C)c2C)cc1. The van der Waals surface area contributed by atoms with E-state index in [4.69, 9.17) is 4.74 Å². The van der Waals surface area contributed by atoms with Gasteiger partial charge in [-0.3, -0.25) is 4.79 Å². The minimum absolute atomic E-state index is 0.0307. The van der Waals surface area contributed by atoms with Crippen LogP contribution in [0.25, 0.3) is 0 Å². The molecule has 9 heteroatoms. The van der Waals surface area contributed by atoms with Gasteiger partial charge in [0.05, 0.1) is 16.6 Å². The summed E-state index contributed by atoms with van der Waals surface area (Å²) < 4.78 is 32.1. The Morgan fingerprint density at radius 2 is 1.69 bits per heavy atom. The quantitative estimate of drug-likeness (QED) is 0.446. The summed E-state index contributed by atoms with van der Waals surface area (Å²) in [6.45, 7) is 8.85. The smallest absolute Gasteiger partial charge is 0.340 e. The van der Waals surface area contributed by atoms with Crippen LogP contribution in [0, 0.1) is 20.8 Å². The van der Waals surface area contributed by atoms with Crippen molar-refractivity contribution in [3.05, 3.63) is 52.3 Å². The monoisotopic (exact) mass is 421 g/mol. The van der Waals surface area contributed by atoms with E-state index >= 15 is 0 Å². The van der Waals surface area contributed by atoms with E-state index in [1.54, 1.807) is 39.8 Å². The van der Waals surface area contributed by atoms with Crippen molar-refractivity contribution in [2.45, 2.75) is 45.6 Å². The molecule has 158 valence electrons. The van der Waals surface area contributed by atoms with Crippen LogP contribution < -0.4 is 10.0 Å². The molecule has 0 unspecified atom stereocenters. The van der Waals surface area contributed by atoms with Gasteiger partial charge in [-0.2, -0.15) is 0 Å². The van der Waals surface area contributed by atoms with Crippen molar-refractivity contribution >= 4 is 21.9 Å². The van der Waals surface area contributed by atoms with Crippen LogP contribution in [0.4, 0.5) is 0 Å². The molecule has 1 aromatic carbocycles. The number of aryl methyl sites for hydroxylation is 2. The highest BCUT2D eigenvalue weighted by Gasteiger charge is 2.23. The zero-order valence-corrected chi connectivity index (χ0v) is 18.1. The topological polar surface area (TPSA) is 117 Å². The molecule has 8 nitrogen and oxygen atoms in total. The van der Waals surface area contributed by atoms with Crippen molar-refractivity contribution in [3.63, 3.8) is 0 Å². The summed E-state index contributed by atoms with van der Waals surface area (Å²) in [6, 6.07) is 6.49. The van der Waals surface area contributed by atoms with Crippen LogP contribution in [0.2, 0.25) is 0 Å². The first-order valence-electron chi connectivity index (χ1n) is 9.27. The highest BCUT2D eigenvalue weighted by molar-refractivity contribution is 7.89. The molecular formula is C20H27N3O5S. The number of H-pyrrole nitrogens is 1. The van der Waals surface area contributed by atoms with E-state index < -0.39 is 21.9 Å². The second-order valence-electron chi connectivity index (χ2n) is 7.05. The number of sulfonamides is 1. The van der Waals surface area contributed by atoms with Crippen molar-refractivity contribution in [3.8, 4) is 0 Å². The molecular weight excluding hydrogens is 394 g/mol. The lowest BCUT2D eigenvalue weighted by molar-refractivity contribution is 0.0376. The number of benzene rings is 1. The summed E-state index contributed by atoms with van der Waals surface area (Å²) in [5, 5.41) is 2.64. The van der Waals surface area contributed by atoms with E-state index in [1.807, 2.05) is 6.92 Å². The first kappa shape index (κ1) is 22.6. The van der Waals surface area contributed by atoms with Crippen LogP contribution in [-0.2, 0) is 14.8 Å². The van der Waals surface area contributed by atoms with E-state index in [2.05, 4.69) is 15.0 Å². The van der Waals surface area contributed by atoms with Gasteiger partial charge in [0.1, 0.15) is 5.69 Å². The van der Waals surface area contributed by atoms with Crippen molar-refractivity contribution in [2.75, 3.05) is 13.1 Å². The van der Waals surface area contributed by atoms with Crippen LogP contribution in [0.5, 0.6) is 0 Å². The Kier molecular flexibility index (Phi) is 7.21. The predicted molar refractivity (Wildman–Crippen MR) is 110 cm³/mol. The lowest BCUT2D eigenvalue weighted by Crippen LogP contribution is -2.35. The molecule has 2 aromatic rings. The van der Waals surface area contributed by atoms with E-state index in [-0.39, 0.29) is 29.8 Å². The van der Waals surface area contributed by atoms with Gasteiger partial charge in [-0.05, 0) is 52.3 Å². The van der Waals surface area contributed by atoms with Crippen molar-refractivity contribution < 1.29 is 22.7 Å². The molecule has 3 N–H and O–H groups in total. The molecule has 1 aromatic heterocycles. The first-order valence-corrected chi connectivity index (χ1v) is 10.8. The van der Waals surface area contributed by atoms with E-state index in [0.29, 0.717) is 16.8 Å². The lowest BCUT2D eigenvalue weighted by Gasteiger charge is -2.09. The Labute approximate surface area is 171 Å². The average Bonchev–Trinajstić information content (AvgIpc) is 2.93. The number of aromatic nitrogens is 1. The number of nitrogens with one attached hydrogen (secondary N) is 3. The highest BCUT2D eigenvalue weighted by atomic mass is 32.2. The molecule has 1 amide bonds. The maximum atomic E-state index is 12.4. The Bertz CT molecular complexity index is 992. The Balaban J connectivity index is 1.96. The number of aromatic amines is 1. The maximum Gasteiger partial charge on any atom is 0.340 e. The molecule has 0 atom stereocenters. The van der Waals surface area contributed by atoms with Crippen molar-refractivity contribution in [2.24, 2.45) is 0 Å². The summed E-state index contributed by atoms with van der Waals surface area (Å²) in [4.78, 5) is 27.7. The third-order valence-electron chi connectivity index (χ3n) is 4.25. The minimum Gasteiger partial charge on any atom is -0.459 e. The number of hydrogen-bond donors (Lipinski definition) is 3. The average molecular weight is 422 g/mol. The molecule has 1 heterocycles. The Morgan fingerprint density at radius 1 is 1.07 bits per heavy atom. The van der Waals surface area contributed by atoms with E-state index in [1.165, 1.54) is 12.1 Å². The van der Waals surface area contributed by atoms with Crippen molar-refractivity contribution in [1.29, 1.82) is 0 Å². The van der Waals surface area contributed by atoms with Crippen LogP contribution in [0.1, 0.15) is 51.5 Å². The standard InChI is InChI=1S/C20H27N3O5S/c1-12(2)28-20(25)17-14(4)18(23-15(17)5)19(24)21-10-11-22-29(26,27)16-8-6-13(3)7-9-16/h6-9,12,22-23H,10-11H2,1-5H3,(H,21,24). The van der Waals surface area contributed by atoms with E-state index in [9.17, 15) is 18.0 Å². The molecule has 0 aliphatic carbocycles. The minimum atomic E-state index is -3.64. The molecule has 0 radical (unpaired) electrons. The van der Waals surface area contributed by atoms with Crippen LogP contribution in [-0.4, -0.2) is 44.5 Å². The molecule has 0 aliphatic heterocycles. The second-order valence-corrected chi connectivity index (χ2v) is 8.81. The fraction of sp³-hybridized carbons (Fsp3) is 0.400. The number of esters is 1. The number of amides is 1. The predicted octanol–water partition coefficient (Wildman–Crippen LogP) is 2.21.